The molecular weight excluding hydrogens is 341 g/mol. The van der Waals surface area contributed by atoms with Crippen molar-refractivity contribution in [2.24, 2.45) is 0 Å². The lowest BCUT2D eigenvalue weighted by atomic mass is 10.2. The van der Waals surface area contributed by atoms with Gasteiger partial charge in [0.1, 0.15) is 0 Å². The van der Waals surface area contributed by atoms with Crippen LogP contribution in [0.2, 0.25) is 0 Å². The molecule has 9 nitrogen and oxygen atoms in total. The fourth-order valence-electron chi connectivity index (χ4n) is 1.46. The topological polar surface area (TPSA) is 117 Å². The molecule has 0 radical (unpaired) electrons. The average molecular weight is 346 g/mol. The number of aromatic nitrogens is 3. The van der Waals surface area contributed by atoms with Crippen LogP contribution < -0.4 is 0 Å². The molecule has 0 fully saturated rings. The Labute approximate surface area is 118 Å². The number of nitrogens with zero attached hydrogens (tertiary/aromatic N) is 5. The van der Waals surface area contributed by atoms with Gasteiger partial charge in [0.15, 0.2) is 0 Å². The van der Waals surface area contributed by atoms with Gasteiger partial charge in [0.2, 0.25) is 5.82 Å². The Morgan fingerprint density at radius 1 is 1.30 bits per heavy atom. The van der Waals surface area contributed by atoms with E-state index in [2.05, 4.69) is 26.0 Å². The van der Waals surface area contributed by atoms with Gasteiger partial charge in [-0.25, -0.2) is 0 Å². The second-order valence-electron chi connectivity index (χ2n) is 3.64. The van der Waals surface area contributed by atoms with E-state index < -0.39 is 27.3 Å². The Balaban J connectivity index is 2.28. The predicted molar refractivity (Wildman–Crippen MR) is 66.5 cm³/mol. The van der Waals surface area contributed by atoms with Gasteiger partial charge in [0, 0.05) is 27.1 Å². The number of benzene rings is 1. The predicted octanol–water partition coefficient (Wildman–Crippen LogP) is 2.04. The Morgan fingerprint density at radius 3 is 2.50 bits per heavy atom. The lowest BCUT2D eigenvalue weighted by Crippen LogP contribution is -2.04. The molecule has 0 aliphatic rings. The molecule has 0 atom stereocenters. The largest absolute Gasteiger partial charge is 0.492 e. The second kappa shape index (κ2) is 5.28. The van der Waals surface area contributed by atoms with E-state index in [1.54, 1.807) is 0 Å². The highest BCUT2D eigenvalue weighted by molar-refractivity contribution is 9.10. The molecule has 0 bridgehead atoms. The van der Waals surface area contributed by atoms with Gasteiger partial charge in [-0.1, -0.05) is 6.07 Å². The molecule has 0 amide bonds. The van der Waals surface area contributed by atoms with Crippen molar-refractivity contribution in [1.29, 1.82) is 0 Å². The molecule has 1 aromatic carbocycles. The Kier molecular flexibility index (Phi) is 3.70. The van der Waals surface area contributed by atoms with Crippen LogP contribution in [0.1, 0.15) is 5.56 Å². The standard InChI is InChI=1S/C9H5BrFN5O4/c10-8-12-9(16(19)20)13-14(8)4-5-1-2-7(15(17)18)6(11)3-5/h1-3H,4H2. The molecule has 1 aromatic heterocycles. The average Bonchev–Trinajstić information content (AvgIpc) is 2.71. The van der Waals surface area contributed by atoms with Gasteiger partial charge in [0.05, 0.1) is 11.5 Å². The van der Waals surface area contributed by atoms with Crippen molar-refractivity contribution in [1.82, 2.24) is 14.8 Å². The monoisotopic (exact) mass is 345 g/mol. The highest BCUT2D eigenvalue weighted by Gasteiger charge is 2.20. The van der Waals surface area contributed by atoms with Gasteiger partial charge in [-0.2, -0.15) is 9.07 Å². The molecule has 0 N–H and O–H groups in total. The van der Waals surface area contributed by atoms with Crippen molar-refractivity contribution in [3.8, 4) is 0 Å². The van der Waals surface area contributed by atoms with Crippen LogP contribution in [-0.2, 0) is 6.54 Å². The van der Waals surface area contributed by atoms with Crippen LogP contribution in [0.4, 0.5) is 16.0 Å². The maximum atomic E-state index is 13.4. The number of hydrogen-bond donors (Lipinski definition) is 0. The summed E-state index contributed by atoms with van der Waals surface area (Å²) >= 11 is 2.98. The van der Waals surface area contributed by atoms with Crippen LogP contribution in [0, 0.1) is 26.0 Å². The maximum Gasteiger partial charge on any atom is 0.492 e. The molecule has 0 unspecified atom stereocenters. The summed E-state index contributed by atoms with van der Waals surface area (Å²) in [4.78, 5) is 22.9. The van der Waals surface area contributed by atoms with E-state index in [9.17, 15) is 24.6 Å². The lowest BCUT2D eigenvalue weighted by molar-refractivity contribution is -0.394. The first-order chi connectivity index (χ1) is 9.38. The van der Waals surface area contributed by atoms with Crippen molar-refractivity contribution in [3.05, 3.63) is 54.5 Å². The van der Waals surface area contributed by atoms with Gasteiger partial charge in [-0.15, -0.1) is 0 Å². The first-order valence-electron chi connectivity index (χ1n) is 5.06. The van der Waals surface area contributed by atoms with Gasteiger partial charge in [-0.3, -0.25) is 10.1 Å². The van der Waals surface area contributed by atoms with Gasteiger partial charge >= 0.3 is 11.6 Å². The summed E-state index contributed by atoms with van der Waals surface area (Å²) < 4.78 is 14.7. The highest BCUT2D eigenvalue weighted by Crippen LogP contribution is 2.20. The molecule has 2 aromatic rings. The number of nitro groups is 2. The Morgan fingerprint density at radius 2 is 2.00 bits per heavy atom. The third-order valence-corrected chi connectivity index (χ3v) is 2.91. The SMILES string of the molecule is O=[N+]([O-])c1nc(Br)n(Cc2ccc([N+](=O)[O-])c(F)c2)n1. The molecule has 0 aliphatic heterocycles. The lowest BCUT2D eigenvalue weighted by Gasteiger charge is -2.00. The zero-order valence-corrected chi connectivity index (χ0v) is 11.2. The van der Waals surface area contributed by atoms with E-state index in [1.807, 2.05) is 0 Å². The molecule has 0 spiro atoms. The third-order valence-electron chi connectivity index (χ3n) is 2.32. The van der Waals surface area contributed by atoms with Crippen molar-refractivity contribution in [2.75, 3.05) is 0 Å². The Hall–Kier alpha value is -2.43. The Bertz CT molecular complexity index is 704. The second-order valence-corrected chi connectivity index (χ2v) is 4.35. The highest BCUT2D eigenvalue weighted by atomic mass is 79.9. The molecule has 0 saturated heterocycles. The van der Waals surface area contributed by atoms with E-state index in [-0.39, 0.29) is 11.3 Å². The molecule has 1 heterocycles. The molecule has 20 heavy (non-hydrogen) atoms. The minimum absolute atomic E-state index is 0.0175. The first kappa shape index (κ1) is 14.0. The van der Waals surface area contributed by atoms with E-state index in [1.165, 1.54) is 6.07 Å². The number of nitro benzene ring substituents is 1. The molecule has 11 heteroatoms. The van der Waals surface area contributed by atoms with Crippen LogP contribution in [0.25, 0.3) is 0 Å². The van der Waals surface area contributed by atoms with Gasteiger partial charge in [0.25, 0.3) is 4.73 Å². The van der Waals surface area contributed by atoms with Crippen LogP contribution in [0.3, 0.4) is 0 Å². The minimum atomic E-state index is -0.988. The first-order valence-corrected chi connectivity index (χ1v) is 5.85. The van der Waals surface area contributed by atoms with E-state index in [0.717, 1.165) is 16.8 Å². The fraction of sp³-hybridized carbons (Fsp3) is 0.111. The van der Waals surface area contributed by atoms with Crippen LogP contribution >= 0.6 is 15.9 Å². The molecule has 2 rings (SSSR count). The summed E-state index contributed by atoms with van der Waals surface area (Å²) in [5, 5.41) is 24.6. The van der Waals surface area contributed by atoms with E-state index in [0.29, 0.717) is 5.56 Å². The number of halogens is 2. The summed E-state index contributed by atoms with van der Waals surface area (Å²) in [6.45, 7) is -0.0175. The normalized spacial score (nSPS) is 10.5. The quantitative estimate of drug-likeness (QED) is 0.618. The van der Waals surface area contributed by atoms with E-state index in [4.69, 9.17) is 0 Å². The smallest absolute Gasteiger partial charge is 0.390 e. The van der Waals surface area contributed by atoms with Gasteiger partial charge in [-0.05, 0) is 21.5 Å². The van der Waals surface area contributed by atoms with Crippen LogP contribution in [-0.4, -0.2) is 24.6 Å². The zero-order valence-electron chi connectivity index (χ0n) is 9.56. The van der Waals surface area contributed by atoms with Crippen molar-refractivity contribution < 1.29 is 14.2 Å². The summed E-state index contributed by atoms with van der Waals surface area (Å²) in [5.74, 6) is -1.59. The molecular formula is C9H5BrFN5O4. The molecule has 0 aliphatic carbocycles. The fourth-order valence-corrected chi connectivity index (χ4v) is 1.82. The zero-order chi connectivity index (χ0) is 14.9. The van der Waals surface area contributed by atoms with Gasteiger partial charge < -0.3 is 10.1 Å². The number of rotatable bonds is 4. The van der Waals surface area contributed by atoms with E-state index >= 15 is 0 Å². The maximum absolute atomic E-state index is 13.4. The number of hydrogen-bond acceptors (Lipinski definition) is 6. The molecule has 104 valence electrons. The van der Waals surface area contributed by atoms with Crippen molar-refractivity contribution in [2.45, 2.75) is 6.54 Å². The van der Waals surface area contributed by atoms with Crippen LogP contribution in [0.15, 0.2) is 22.9 Å². The van der Waals surface area contributed by atoms with Crippen LogP contribution in [0.5, 0.6) is 0 Å². The summed E-state index contributed by atoms with van der Waals surface area (Å²) in [6, 6.07) is 3.32. The summed E-state index contributed by atoms with van der Waals surface area (Å²) in [7, 11) is 0. The van der Waals surface area contributed by atoms with Crippen molar-refractivity contribution in [3.63, 3.8) is 0 Å². The summed E-state index contributed by atoms with van der Waals surface area (Å²) in [6.07, 6.45) is 0. The molecule has 0 saturated carbocycles. The minimum Gasteiger partial charge on any atom is -0.390 e. The van der Waals surface area contributed by atoms with Crippen molar-refractivity contribution >= 4 is 27.6 Å². The third kappa shape index (κ3) is 2.77. The summed E-state index contributed by atoms with van der Waals surface area (Å²) in [5.41, 5.74) is -0.286.